The van der Waals surface area contributed by atoms with Gasteiger partial charge in [0.25, 0.3) is 0 Å². The van der Waals surface area contributed by atoms with Crippen LogP contribution in [0.15, 0.2) is 24.6 Å². The van der Waals surface area contributed by atoms with Crippen LogP contribution in [0, 0.1) is 0 Å². The molecule has 38 valence electrons. The highest BCUT2D eigenvalue weighted by atomic mass is 16.6. The van der Waals surface area contributed by atoms with Gasteiger partial charge in [-0.25, -0.2) is 5.47 Å². The number of rotatable bonds is 0. The van der Waals surface area contributed by atoms with Crippen LogP contribution in [0.4, 0.5) is 0 Å². The van der Waals surface area contributed by atoms with Gasteiger partial charge in [-0.2, -0.15) is 0 Å². The third kappa shape index (κ3) is 1.30. The Hall–Kier alpha value is -0.920. The van der Waals surface area contributed by atoms with Gasteiger partial charge in [-0.1, -0.05) is 6.08 Å². The summed E-state index contributed by atoms with van der Waals surface area (Å²) >= 11 is 0. The SMILES string of the molecule is [2H]N1C=CCC=CO1. The highest BCUT2D eigenvalue weighted by Gasteiger charge is 1.76. The van der Waals surface area contributed by atoms with E-state index in [0.29, 0.717) is 0 Å². The van der Waals surface area contributed by atoms with Crippen molar-refractivity contribution >= 4 is 0 Å². The molecule has 1 rings (SSSR count). The number of allylic oxidation sites excluding steroid dienone is 2. The van der Waals surface area contributed by atoms with Gasteiger partial charge in [0.1, 0.15) is 6.26 Å². The van der Waals surface area contributed by atoms with Gasteiger partial charge in [0.05, 0.1) is 0 Å². The fourth-order valence-electron chi connectivity index (χ4n) is 0.351. The highest BCUT2D eigenvalue weighted by Crippen LogP contribution is 1.87. The molecule has 0 atom stereocenters. The average Bonchev–Trinajstić information content (AvgIpc) is 1.94. The Balaban J connectivity index is 2.48. The topological polar surface area (TPSA) is 21.3 Å². The van der Waals surface area contributed by atoms with Crippen LogP contribution < -0.4 is 5.47 Å². The summed E-state index contributed by atoms with van der Waals surface area (Å²) in [5.41, 5.74) is 0.906. The number of hydroxylamine groups is 1. The van der Waals surface area contributed by atoms with Crippen molar-refractivity contribution in [3.05, 3.63) is 24.6 Å². The van der Waals surface area contributed by atoms with Crippen molar-refractivity contribution in [2.75, 3.05) is 0 Å². The fraction of sp³-hybridized carbons (Fsp3) is 0.200. The van der Waals surface area contributed by atoms with Crippen LogP contribution in [0.1, 0.15) is 6.42 Å². The molecule has 1 aliphatic heterocycles. The molecule has 0 unspecified atom stereocenters. The first-order valence-corrected chi connectivity index (χ1v) is 2.16. The van der Waals surface area contributed by atoms with Crippen molar-refractivity contribution in [2.24, 2.45) is 0 Å². The van der Waals surface area contributed by atoms with Gasteiger partial charge in [-0.3, -0.25) is 0 Å². The number of hydrogen-bond donors (Lipinski definition) is 1. The van der Waals surface area contributed by atoms with Crippen LogP contribution in [-0.4, -0.2) is 0 Å². The van der Waals surface area contributed by atoms with Gasteiger partial charge >= 0.3 is 0 Å². The summed E-state index contributed by atoms with van der Waals surface area (Å²) in [6.07, 6.45) is 7.57. The lowest BCUT2D eigenvalue weighted by atomic mass is 10.4. The van der Waals surface area contributed by atoms with E-state index in [2.05, 4.69) is 4.84 Å². The first-order valence-electron chi connectivity index (χ1n) is 2.61. The maximum Gasteiger partial charge on any atom is 0.208 e. The Morgan fingerprint density at radius 3 is 3.71 bits per heavy atom. The minimum Gasteiger partial charge on any atom is -0.391 e. The predicted octanol–water partition coefficient (Wildman–Crippen LogP) is 0.939. The van der Waals surface area contributed by atoms with E-state index in [1.54, 1.807) is 6.20 Å². The Morgan fingerprint density at radius 2 is 2.71 bits per heavy atom. The molecule has 0 aromatic rings. The molecule has 0 aromatic carbocycles. The standard InChI is InChI=1S/C5H7NO/c1-2-4-6-7-5-3-1/h2-6H,1H2/i/hD. The Morgan fingerprint density at radius 1 is 1.71 bits per heavy atom. The quantitative estimate of drug-likeness (QED) is 0.486. The molecule has 0 fully saturated rings. The lowest BCUT2D eigenvalue weighted by Crippen LogP contribution is -1.97. The first kappa shape index (κ1) is 3.13. The molecule has 0 aromatic heterocycles. The monoisotopic (exact) mass is 98.1 g/mol. The van der Waals surface area contributed by atoms with Crippen molar-refractivity contribution in [3.63, 3.8) is 0 Å². The molecule has 2 heteroatoms. The zero-order valence-electron chi connectivity index (χ0n) is 4.87. The Kier molecular flexibility index (Phi) is 1.02. The second kappa shape index (κ2) is 2.29. The molecule has 0 bridgehead atoms. The van der Waals surface area contributed by atoms with Crippen LogP contribution in [0.3, 0.4) is 0 Å². The Labute approximate surface area is 43.9 Å². The molecule has 2 nitrogen and oxygen atoms in total. The van der Waals surface area contributed by atoms with Crippen molar-refractivity contribution < 1.29 is 6.25 Å². The molecular formula is C5H7NO. The van der Waals surface area contributed by atoms with Gasteiger partial charge < -0.3 is 4.84 Å². The van der Waals surface area contributed by atoms with Gasteiger partial charge in [0.15, 0.2) is 0 Å². The van der Waals surface area contributed by atoms with Gasteiger partial charge in [-0.15, -0.1) is 0 Å². The smallest absolute Gasteiger partial charge is 0.208 e. The fourth-order valence-corrected chi connectivity index (χ4v) is 0.351. The van der Waals surface area contributed by atoms with Gasteiger partial charge in [0, 0.05) is 6.20 Å². The van der Waals surface area contributed by atoms with Crippen LogP contribution in [0.2, 0.25) is 1.41 Å². The van der Waals surface area contributed by atoms with E-state index in [1.165, 1.54) is 6.26 Å². The lowest BCUT2D eigenvalue weighted by Gasteiger charge is -1.90. The molecule has 0 amide bonds. The van der Waals surface area contributed by atoms with Crippen LogP contribution in [-0.2, 0) is 4.84 Å². The van der Waals surface area contributed by atoms with Crippen molar-refractivity contribution in [2.45, 2.75) is 6.42 Å². The van der Waals surface area contributed by atoms with E-state index < -0.39 is 0 Å². The van der Waals surface area contributed by atoms with E-state index in [-0.39, 0.29) is 0 Å². The second-order valence-electron chi connectivity index (χ2n) is 1.20. The lowest BCUT2D eigenvalue weighted by molar-refractivity contribution is 0.177. The maximum atomic E-state index is 6.88. The van der Waals surface area contributed by atoms with E-state index in [0.717, 1.165) is 11.9 Å². The Bertz CT molecular complexity index is 122. The zero-order valence-corrected chi connectivity index (χ0v) is 3.87. The largest absolute Gasteiger partial charge is 0.391 e. The van der Waals surface area contributed by atoms with E-state index in [9.17, 15) is 0 Å². The van der Waals surface area contributed by atoms with E-state index >= 15 is 0 Å². The molecule has 0 aliphatic carbocycles. The van der Waals surface area contributed by atoms with Crippen LogP contribution in [0.5, 0.6) is 0 Å². The first-order chi connectivity index (χ1) is 3.89. The molecule has 0 spiro atoms. The van der Waals surface area contributed by atoms with Crippen LogP contribution in [0.25, 0.3) is 0 Å². The van der Waals surface area contributed by atoms with E-state index in [4.69, 9.17) is 1.41 Å². The number of nitrogens with one attached hydrogen (secondary N) is 1. The minimum atomic E-state index is 0.843. The molecular weight excluding hydrogens is 90.1 g/mol. The molecule has 1 heterocycles. The minimum absolute atomic E-state index is 0.843. The summed E-state index contributed by atoms with van der Waals surface area (Å²) in [5.74, 6) is 0. The molecule has 0 radical (unpaired) electrons. The average molecular weight is 98.1 g/mol. The van der Waals surface area contributed by atoms with Gasteiger partial charge in [-0.05, 0) is 12.5 Å². The molecule has 0 saturated carbocycles. The van der Waals surface area contributed by atoms with Crippen molar-refractivity contribution in [1.82, 2.24) is 5.47 Å². The second-order valence-corrected chi connectivity index (χ2v) is 1.20. The molecule has 0 saturated heterocycles. The summed E-state index contributed by atoms with van der Waals surface area (Å²) in [6.45, 7) is 0. The summed E-state index contributed by atoms with van der Waals surface area (Å²) in [5, 5.41) is 0. The zero-order chi connectivity index (χ0) is 5.82. The summed E-state index contributed by atoms with van der Waals surface area (Å²) in [4.78, 5) is 4.64. The van der Waals surface area contributed by atoms with Gasteiger partial charge in [0.2, 0.25) is 1.41 Å². The third-order valence-electron chi connectivity index (χ3n) is 0.656. The van der Waals surface area contributed by atoms with Crippen LogP contribution >= 0.6 is 0 Å². The third-order valence-corrected chi connectivity index (χ3v) is 0.656. The summed E-state index contributed by atoms with van der Waals surface area (Å²) in [7, 11) is 0. The predicted molar refractivity (Wildman–Crippen MR) is 27.1 cm³/mol. The molecule has 7 heavy (non-hydrogen) atoms. The van der Waals surface area contributed by atoms with Crippen molar-refractivity contribution in [1.29, 1.82) is 0 Å². The van der Waals surface area contributed by atoms with Crippen molar-refractivity contribution in [3.8, 4) is 0 Å². The number of hydrogen-bond acceptors (Lipinski definition) is 2. The normalized spacial score (nSPS) is 20.6. The highest BCUT2D eigenvalue weighted by molar-refractivity contribution is 4.90. The summed E-state index contributed by atoms with van der Waals surface area (Å²) < 4.78 is 6.88. The molecule has 1 N–H and O–H groups in total. The van der Waals surface area contributed by atoms with E-state index in [1.807, 2.05) is 12.2 Å². The summed E-state index contributed by atoms with van der Waals surface area (Å²) in [6, 6.07) is 0. The maximum absolute atomic E-state index is 6.88. The molecule has 1 aliphatic rings.